The van der Waals surface area contributed by atoms with Crippen LogP contribution in [0.25, 0.3) is 0 Å². The lowest BCUT2D eigenvalue weighted by Crippen LogP contribution is -2.33. The number of nitrogens with one attached hydrogen (secondary N) is 2. The molecule has 3 heteroatoms. The van der Waals surface area contributed by atoms with Crippen molar-refractivity contribution >= 4 is 5.91 Å². The van der Waals surface area contributed by atoms with E-state index in [2.05, 4.69) is 17.6 Å². The highest BCUT2D eigenvalue weighted by atomic mass is 16.1. The zero-order valence-corrected chi connectivity index (χ0v) is 8.31. The highest BCUT2D eigenvalue weighted by Crippen LogP contribution is 1.88. The smallest absolute Gasteiger partial charge is 0.221 e. The molecule has 2 N–H and O–H groups in total. The van der Waals surface area contributed by atoms with E-state index in [0.717, 1.165) is 19.5 Å². The second-order valence-corrected chi connectivity index (χ2v) is 2.98. The first-order valence-electron chi connectivity index (χ1n) is 4.70. The molecule has 0 bridgehead atoms. The van der Waals surface area contributed by atoms with E-state index in [1.165, 1.54) is 0 Å². The van der Waals surface area contributed by atoms with Crippen molar-refractivity contribution in [2.24, 2.45) is 0 Å². The van der Waals surface area contributed by atoms with Gasteiger partial charge in [-0.1, -0.05) is 13.8 Å². The van der Waals surface area contributed by atoms with Crippen molar-refractivity contribution in [3.63, 3.8) is 0 Å². The molecular weight excluding hydrogens is 152 g/mol. The topological polar surface area (TPSA) is 41.1 Å². The molecule has 0 aliphatic rings. The summed E-state index contributed by atoms with van der Waals surface area (Å²) in [6.07, 6.45) is 1.57. The molecule has 0 spiro atoms. The predicted molar refractivity (Wildman–Crippen MR) is 51.1 cm³/mol. The Morgan fingerprint density at radius 3 is 2.58 bits per heavy atom. The fraction of sp³-hybridized carbons (Fsp3) is 0.889. The molecule has 72 valence electrons. The molecule has 0 aliphatic carbocycles. The van der Waals surface area contributed by atoms with Crippen LogP contribution in [0.4, 0.5) is 0 Å². The van der Waals surface area contributed by atoms with Crippen LogP contribution in [-0.2, 0) is 4.79 Å². The van der Waals surface area contributed by atoms with Gasteiger partial charge in [0.05, 0.1) is 0 Å². The molecule has 0 aromatic rings. The van der Waals surface area contributed by atoms with Crippen molar-refractivity contribution in [2.75, 3.05) is 13.1 Å². The van der Waals surface area contributed by atoms with Crippen LogP contribution in [0.1, 0.15) is 33.6 Å². The molecule has 0 rings (SSSR count). The Morgan fingerprint density at radius 1 is 1.42 bits per heavy atom. The summed E-state index contributed by atoms with van der Waals surface area (Å²) in [7, 11) is 0. The average molecular weight is 172 g/mol. The molecule has 0 saturated heterocycles. The van der Waals surface area contributed by atoms with Crippen LogP contribution in [-0.4, -0.2) is 25.0 Å². The lowest BCUT2D eigenvalue weighted by Gasteiger charge is -2.10. The summed E-state index contributed by atoms with van der Waals surface area (Å²) < 4.78 is 0. The Labute approximate surface area is 74.9 Å². The largest absolute Gasteiger partial charge is 0.354 e. The summed E-state index contributed by atoms with van der Waals surface area (Å²) in [6, 6.07) is 0.305. The first-order valence-corrected chi connectivity index (χ1v) is 4.70. The van der Waals surface area contributed by atoms with Gasteiger partial charge in [0, 0.05) is 19.0 Å². The van der Waals surface area contributed by atoms with Crippen LogP contribution in [0.2, 0.25) is 0 Å². The minimum absolute atomic E-state index is 0.144. The van der Waals surface area contributed by atoms with Crippen LogP contribution in [0.15, 0.2) is 0 Å². The number of hydrogen-bond acceptors (Lipinski definition) is 2. The number of carbonyl (C=O) groups is 1. The van der Waals surface area contributed by atoms with Gasteiger partial charge in [-0.15, -0.1) is 0 Å². The third kappa shape index (κ3) is 6.16. The highest BCUT2D eigenvalue weighted by Gasteiger charge is 2.03. The molecule has 0 fully saturated rings. The van der Waals surface area contributed by atoms with E-state index in [9.17, 15) is 4.79 Å². The van der Waals surface area contributed by atoms with Gasteiger partial charge in [-0.25, -0.2) is 0 Å². The van der Waals surface area contributed by atoms with Crippen LogP contribution in [0.5, 0.6) is 0 Å². The summed E-state index contributed by atoms with van der Waals surface area (Å²) in [5, 5.41) is 6.02. The molecule has 1 unspecified atom stereocenters. The Balaban J connectivity index is 3.33. The molecule has 0 aromatic carbocycles. The van der Waals surface area contributed by atoms with Crippen LogP contribution in [0, 0.1) is 0 Å². The van der Waals surface area contributed by atoms with E-state index in [0.29, 0.717) is 12.5 Å². The molecule has 1 atom stereocenters. The van der Waals surface area contributed by atoms with E-state index >= 15 is 0 Å². The Bertz CT molecular complexity index is 126. The minimum Gasteiger partial charge on any atom is -0.354 e. The van der Waals surface area contributed by atoms with Gasteiger partial charge in [0.1, 0.15) is 0 Å². The normalized spacial score (nSPS) is 12.6. The zero-order valence-electron chi connectivity index (χ0n) is 8.31. The monoisotopic (exact) mass is 172 g/mol. The number of hydrogen-bond donors (Lipinski definition) is 2. The van der Waals surface area contributed by atoms with E-state index in [4.69, 9.17) is 0 Å². The minimum atomic E-state index is 0.144. The van der Waals surface area contributed by atoms with Crippen LogP contribution >= 0.6 is 0 Å². The molecule has 3 nitrogen and oxygen atoms in total. The molecule has 12 heavy (non-hydrogen) atoms. The highest BCUT2D eigenvalue weighted by molar-refractivity contribution is 5.76. The average Bonchev–Trinajstić information content (AvgIpc) is 2.05. The van der Waals surface area contributed by atoms with E-state index in [1.54, 1.807) is 0 Å². The van der Waals surface area contributed by atoms with Crippen molar-refractivity contribution in [3.05, 3.63) is 0 Å². The van der Waals surface area contributed by atoms with Gasteiger partial charge in [-0.2, -0.15) is 0 Å². The van der Waals surface area contributed by atoms with Gasteiger partial charge in [-0.05, 0) is 19.9 Å². The number of rotatable bonds is 6. The molecule has 0 aromatic heterocycles. The zero-order chi connectivity index (χ0) is 9.40. The molecule has 0 radical (unpaired) electrons. The summed E-state index contributed by atoms with van der Waals surface area (Å²) in [4.78, 5) is 11.1. The van der Waals surface area contributed by atoms with Crippen LogP contribution in [0.3, 0.4) is 0 Å². The first-order chi connectivity index (χ1) is 5.70. The summed E-state index contributed by atoms with van der Waals surface area (Å²) in [6.45, 7) is 7.82. The van der Waals surface area contributed by atoms with Crippen molar-refractivity contribution in [1.29, 1.82) is 0 Å². The lowest BCUT2D eigenvalue weighted by molar-refractivity contribution is -0.121. The van der Waals surface area contributed by atoms with Gasteiger partial charge >= 0.3 is 0 Å². The molecule has 0 saturated carbocycles. The number of amides is 1. The summed E-state index contributed by atoms with van der Waals surface area (Å²) >= 11 is 0. The second kappa shape index (κ2) is 7.10. The molecule has 1 amide bonds. The third-order valence-electron chi connectivity index (χ3n) is 1.80. The maximum Gasteiger partial charge on any atom is 0.221 e. The van der Waals surface area contributed by atoms with Gasteiger partial charge < -0.3 is 10.6 Å². The third-order valence-corrected chi connectivity index (χ3v) is 1.80. The Hall–Kier alpha value is -0.570. The lowest BCUT2D eigenvalue weighted by atomic mass is 10.2. The summed E-state index contributed by atoms with van der Waals surface area (Å²) in [5.74, 6) is 0.144. The van der Waals surface area contributed by atoms with Crippen molar-refractivity contribution in [2.45, 2.75) is 39.7 Å². The van der Waals surface area contributed by atoms with Crippen molar-refractivity contribution in [1.82, 2.24) is 10.6 Å². The standard InChI is InChI=1S/C9H20N2O/c1-4-8(3)11-9(12)6-7-10-5-2/h8,10H,4-7H2,1-3H3,(H,11,12). The van der Waals surface area contributed by atoms with Gasteiger partial charge in [0.25, 0.3) is 0 Å². The van der Waals surface area contributed by atoms with Gasteiger partial charge in [-0.3, -0.25) is 4.79 Å². The fourth-order valence-corrected chi connectivity index (χ4v) is 0.828. The second-order valence-electron chi connectivity index (χ2n) is 2.98. The number of carbonyl (C=O) groups excluding carboxylic acids is 1. The Kier molecular flexibility index (Phi) is 6.76. The van der Waals surface area contributed by atoms with Crippen molar-refractivity contribution in [3.8, 4) is 0 Å². The maximum atomic E-state index is 11.1. The van der Waals surface area contributed by atoms with E-state index in [1.807, 2.05) is 13.8 Å². The molecular formula is C9H20N2O. The molecule has 0 aliphatic heterocycles. The SMILES string of the molecule is CCNCCC(=O)NC(C)CC. The van der Waals surface area contributed by atoms with Crippen molar-refractivity contribution < 1.29 is 4.79 Å². The van der Waals surface area contributed by atoms with E-state index < -0.39 is 0 Å². The van der Waals surface area contributed by atoms with Gasteiger partial charge in [0.15, 0.2) is 0 Å². The predicted octanol–water partition coefficient (Wildman–Crippen LogP) is 0.901. The Morgan fingerprint density at radius 2 is 2.08 bits per heavy atom. The first kappa shape index (κ1) is 11.4. The van der Waals surface area contributed by atoms with Crippen LogP contribution < -0.4 is 10.6 Å². The van der Waals surface area contributed by atoms with E-state index in [-0.39, 0.29) is 5.91 Å². The van der Waals surface area contributed by atoms with Gasteiger partial charge in [0.2, 0.25) is 5.91 Å². The maximum absolute atomic E-state index is 11.1. The molecule has 0 heterocycles. The fourth-order valence-electron chi connectivity index (χ4n) is 0.828. The summed E-state index contributed by atoms with van der Waals surface area (Å²) in [5.41, 5.74) is 0. The quantitative estimate of drug-likeness (QED) is 0.584.